The molecule has 2 atom stereocenters. The molecule has 0 aromatic carbocycles. The molecule has 2 heterocycles. The van der Waals surface area contributed by atoms with E-state index in [1.165, 1.54) is 0 Å². The number of hydrogen-bond donors (Lipinski definition) is 0. The minimum atomic E-state index is -3.37. The van der Waals surface area contributed by atoms with E-state index in [9.17, 15) is 13.2 Å². The number of rotatable bonds is 3. The summed E-state index contributed by atoms with van der Waals surface area (Å²) in [6.45, 7) is 1.88. The molecule has 3 rings (SSSR count). The first-order chi connectivity index (χ1) is 10.1. The van der Waals surface area contributed by atoms with Gasteiger partial charge in [-0.2, -0.15) is 17.0 Å². The van der Waals surface area contributed by atoms with Crippen molar-refractivity contribution in [1.29, 1.82) is 0 Å². The zero-order valence-electron chi connectivity index (χ0n) is 12.7. The standard InChI is InChI=1S/C15H26N2O3S/c18-15-9-2-1-7-13(15)14-8-3-4-12-17(14)21(19,20)16-10-5-6-11-16/h13-14H,1-12H2. The van der Waals surface area contributed by atoms with Gasteiger partial charge < -0.3 is 0 Å². The van der Waals surface area contributed by atoms with Crippen LogP contribution in [0.3, 0.4) is 0 Å². The molecule has 3 fully saturated rings. The van der Waals surface area contributed by atoms with Crippen LogP contribution < -0.4 is 0 Å². The second kappa shape index (κ2) is 6.34. The van der Waals surface area contributed by atoms with Crippen molar-refractivity contribution in [2.75, 3.05) is 19.6 Å². The average Bonchev–Trinajstić information content (AvgIpc) is 3.03. The molecule has 0 bridgehead atoms. The summed E-state index contributed by atoms with van der Waals surface area (Å²) in [4.78, 5) is 12.3. The SMILES string of the molecule is O=C1CCCCC1C1CCCCN1S(=O)(=O)N1CCCC1. The maximum Gasteiger partial charge on any atom is 0.282 e. The van der Waals surface area contributed by atoms with E-state index in [1.807, 2.05) is 0 Å². The summed E-state index contributed by atoms with van der Waals surface area (Å²) >= 11 is 0. The minimum Gasteiger partial charge on any atom is -0.299 e. The Labute approximate surface area is 127 Å². The molecule has 120 valence electrons. The van der Waals surface area contributed by atoms with E-state index in [1.54, 1.807) is 8.61 Å². The number of ketones is 1. The second-order valence-corrected chi connectivity index (χ2v) is 8.49. The molecule has 0 spiro atoms. The molecule has 6 heteroatoms. The lowest BCUT2D eigenvalue weighted by atomic mass is 9.80. The van der Waals surface area contributed by atoms with Gasteiger partial charge in [0, 0.05) is 38.0 Å². The Morgan fingerprint density at radius 3 is 2.24 bits per heavy atom. The van der Waals surface area contributed by atoms with Crippen molar-refractivity contribution in [3.05, 3.63) is 0 Å². The lowest BCUT2D eigenvalue weighted by Crippen LogP contribution is -2.54. The summed E-state index contributed by atoms with van der Waals surface area (Å²) < 4.78 is 29.1. The van der Waals surface area contributed by atoms with Gasteiger partial charge >= 0.3 is 0 Å². The van der Waals surface area contributed by atoms with Gasteiger partial charge in [0.05, 0.1) is 0 Å². The fourth-order valence-electron chi connectivity index (χ4n) is 4.10. The quantitative estimate of drug-likeness (QED) is 0.800. The summed E-state index contributed by atoms with van der Waals surface area (Å²) in [6, 6.07) is -0.0860. The number of hydrogen-bond acceptors (Lipinski definition) is 3. The Bertz CT molecular complexity index is 485. The van der Waals surface area contributed by atoms with Gasteiger partial charge in [-0.1, -0.05) is 12.8 Å². The van der Waals surface area contributed by atoms with Crippen LogP contribution in [0.2, 0.25) is 0 Å². The average molecular weight is 314 g/mol. The third-order valence-corrected chi connectivity index (χ3v) is 7.32. The first kappa shape index (κ1) is 15.4. The lowest BCUT2D eigenvalue weighted by molar-refractivity contribution is -0.126. The number of carbonyl (C=O) groups excluding carboxylic acids is 1. The van der Waals surface area contributed by atoms with Crippen molar-refractivity contribution >= 4 is 16.0 Å². The Morgan fingerprint density at radius 1 is 0.857 bits per heavy atom. The Kier molecular flexibility index (Phi) is 4.66. The van der Waals surface area contributed by atoms with Crippen LogP contribution in [-0.4, -0.2) is 48.5 Å². The van der Waals surface area contributed by atoms with Crippen molar-refractivity contribution in [3.8, 4) is 0 Å². The fourth-order valence-corrected chi connectivity index (χ4v) is 6.07. The fraction of sp³-hybridized carbons (Fsp3) is 0.933. The Balaban J connectivity index is 1.82. The highest BCUT2D eigenvalue weighted by atomic mass is 32.2. The number of piperidine rings is 1. The molecule has 0 N–H and O–H groups in total. The van der Waals surface area contributed by atoms with Crippen LogP contribution in [0.25, 0.3) is 0 Å². The van der Waals surface area contributed by atoms with Gasteiger partial charge in [0.1, 0.15) is 5.78 Å². The monoisotopic (exact) mass is 314 g/mol. The predicted octanol–water partition coefficient (Wildman–Crippen LogP) is 1.94. The minimum absolute atomic E-state index is 0.0589. The molecule has 3 aliphatic rings. The summed E-state index contributed by atoms with van der Waals surface area (Å²) in [7, 11) is -3.37. The van der Waals surface area contributed by atoms with Crippen LogP contribution in [0.4, 0.5) is 0 Å². The normalized spacial score (nSPS) is 33.4. The van der Waals surface area contributed by atoms with E-state index in [-0.39, 0.29) is 17.7 Å². The maximum atomic E-state index is 12.9. The smallest absolute Gasteiger partial charge is 0.282 e. The molecular weight excluding hydrogens is 288 g/mol. The number of carbonyl (C=O) groups is 1. The van der Waals surface area contributed by atoms with Gasteiger partial charge in [0.15, 0.2) is 0 Å². The van der Waals surface area contributed by atoms with E-state index in [0.717, 1.165) is 51.4 Å². The van der Waals surface area contributed by atoms with E-state index in [0.29, 0.717) is 26.1 Å². The Hall–Kier alpha value is -0.460. The van der Waals surface area contributed by atoms with Gasteiger partial charge in [0.25, 0.3) is 10.2 Å². The molecular formula is C15H26N2O3S. The number of Topliss-reactive ketones (excluding diaryl/α,β-unsaturated/α-hetero) is 1. The molecule has 1 aliphatic carbocycles. The molecule has 5 nitrogen and oxygen atoms in total. The molecule has 0 aromatic heterocycles. The first-order valence-corrected chi connectivity index (χ1v) is 9.80. The maximum absolute atomic E-state index is 12.9. The zero-order chi connectivity index (χ0) is 14.9. The first-order valence-electron chi connectivity index (χ1n) is 8.40. The molecule has 0 amide bonds. The van der Waals surface area contributed by atoms with Crippen LogP contribution in [0.1, 0.15) is 57.8 Å². The van der Waals surface area contributed by atoms with E-state index >= 15 is 0 Å². The van der Waals surface area contributed by atoms with Crippen molar-refractivity contribution < 1.29 is 13.2 Å². The summed E-state index contributed by atoms with van der Waals surface area (Å²) in [5, 5.41) is 0. The van der Waals surface area contributed by atoms with Gasteiger partial charge in [-0.15, -0.1) is 0 Å². The summed E-state index contributed by atoms with van der Waals surface area (Å²) in [5.74, 6) is 0.228. The zero-order valence-corrected chi connectivity index (χ0v) is 13.5. The number of nitrogens with zero attached hydrogens (tertiary/aromatic N) is 2. The van der Waals surface area contributed by atoms with Crippen LogP contribution >= 0.6 is 0 Å². The van der Waals surface area contributed by atoms with Crippen LogP contribution in [-0.2, 0) is 15.0 Å². The highest BCUT2D eigenvalue weighted by Gasteiger charge is 2.43. The van der Waals surface area contributed by atoms with E-state index < -0.39 is 10.2 Å². The Morgan fingerprint density at radius 2 is 1.52 bits per heavy atom. The third kappa shape index (κ3) is 3.03. The van der Waals surface area contributed by atoms with E-state index in [4.69, 9.17) is 0 Å². The topological polar surface area (TPSA) is 57.7 Å². The van der Waals surface area contributed by atoms with Crippen molar-refractivity contribution in [1.82, 2.24) is 8.61 Å². The molecule has 2 unspecified atom stereocenters. The summed E-state index contributed by atoms with van der Waals surface area (Å²) in [5.41, 5.74) is 0. The van der Waals surface area contributed by atoms with Crippen LogP contribution in [0.15, 0.2) is 0 Å². The molecule has 2 aliphatic heterocycles. The van der Waals surface area contributed by atoms with Gasteiger partial charge in [-0.25, -0.2) is 0 Å². The molecule has 1 saturated carbocycles. The van der Waals surface area contributed by atoms with E-state index in [2.05, 4.69) is 0 Å². The largest absolute Gasteiger partial charge is 0.299 e. The van der Waals surface area contributed by atoms with Crippen molar-refractivity contribution in [3.63, 3.8) is 0 Å². The summed E-state index contributed by atoms with van der Waals surface area (Å²) in [6.07, 6.45) is 8.27. The lowest BCUT2D eigenvalue weighted by Gasteiger charge is -2.41. The second-order valence-electron chi connectivity index (χ2n) is 6.61. The van der Waals surface area contributed by atoms with Crippen molar-refractivity contribution in [2.45, 2.75) is 63.8 Å². The van der Waals surface area contributed by atoms with Gasteiger partial charge in [-0.3, -0.25) is 4.79 Å². The van der Waals surface area contributed by atoms with Gasteiger partial charge in [0.2, 0.25) is 0 Å². The predicted molar refractivity (Wildman–Crippen MR) is 81.0 cm³/mol. The molecule has 21 heavy (non-hydrogen) atoms. The molecule has 0 aromatic rings. The third-order valence-electron chi connectivity index (χ3n) is 5.25. The highest BCUT2D eigenvalue weighted by molar-refractivity contribution is 7.86. The van der Waals surface area contributed by atoms with Crippen LogP contribution in [0.5, 0.6) is 0 Å². The van der Waals surface area contributed by atoms with Crippen molar-refractivity contribution in [2.24, 2.45) is 5.92 Å². The van der Waals surface area contributed by atoms with Gasteiger partial charge in [-0.05, 0) is 38.5 Å². The molecule has 0 radical (unpaired) electrons. The van der Waals surface area contributed by atoms with Crippen LogP contribution in [0, 0.1) is 5.92 Å². The highest BCUT2D eigenvalue weighted by Crippen LogP contribution is 2.34. The molecule has 2 saturated heterocycles.